The molecule has 0 aliphatic carbocycles. The molecular formula is C12H6ClN3OS. The molecule has 0 unspecified atom stereocenters. The minimum absolute atomic E-state index is 0.0885. The van der Waals surface area contributed by atoms with Crippen molar-refractivity contribution in [2.75, 3.05) is 5.32 Å². The van der Waals surface area contributed by atoms with Gasteiger partial charge in [0.05, 0.1) is 16.3 Å². The smallest absolute Gasteiger partial charge is 0.268 e. The molecule has 0 saturated carbocycles. The maximum atomic E-state index is 11.5. The van der Waals surface area contributed by atoms with Crippen molar-refractivity contribution in [3.63, 3.8) is 0 Å². The van der Waals surface area contributed by atoms with Gasteiger partial charge in [0.1, 0.15) is 11.6 Å². The van der Waals surface area contributed by atoms with Gasteiger partial charge in [-0.2, -0.15) is 5.26 Å². The van der Waals surface area contributed by atoms with Gasteiger partial charge >= 0.3 is 0 Å². The summed E-state index contributed by atoms with van der Waals surface area (Å²) in [5.41, 5.74) is 1.04. The van der Waals surface area contributed by atoms with Crippen LogP contribution in [0.2, 0.25) is 5.02 Å². The summed E-state index contributed by atoms with van der Waals surface area (Å²) in [4.78, 5) is 15.9. The van der Waals surface area contributed by atoms with Crippen molar-refractivity contribution in [1.82, 2.24) is 4.98 Å². The predicted octanol–water partition coefficient (Wildman–Crippen LogP) is 3.11. The van der Waals surface area contributed by atoms with Gasteiger partial charge in [-0.3, -0.25) is 4.79 Å². The Kier molecular flexibility index (Phi) is 2.54. The summed E-state index contributed by atoms with van der Waals surface area (Å²) in [5, 5.41) is 12.7. The molecule has 0 amide bonds. The van der Waals surface area contributed by atoms with E-state index in [-0.39, 0.29) is 5.56 Å². The molecule has 1 aliphatic rings. The van der Waals surface area contributed by atoms with E-state index in [0.717, 1.165) is 15.5 Å². The molecule has 3 rings (SSSR count). The van der Waals surface area contributed by atoms with Gasteiger partial charge in [0, 0.05) is 16.1 Å². The average molecular weight is 276 g/mol. The first-order chi connectivity index (χ1) is 8.69. The zero-order valence-corrected chi connectivity index (χ0v) is 10.5. The Bertz CT molecular complexity index is 748. The number of fused-ring (bicyclic) bond motifs is 2. The van der Waals surface area contributed by atoms with Gasteiger partial charge in [-0.1, -0.05) is 23.4 Å². The van der Waals surface area contributed by atoms with Crippen LogP contribution in [0.5, 0.6) is 0 Å². The minimum atomic E-state index is -0.394. The van der Waals surface area contributed by atoms with E-state index >= 15 is 0 Å². The Morgan fingerprint density at radius 3 is 2.94 bits per heavy atom. The van der Waals surface area contributed by atoms with Crippen LogP contribution >= 0.6 is 23.4 Å². The lowest BCUT2D eigenvalue weighted by atomic mass is 10.2. The number of hydrogen-bond acceptors (Lipinski definition) is 4. The summed E-state index contributed by atoms with van der Waals surface area (Å²) in [6.45, 7) is 0. The first-order valence-electron chi connectivity index (χ1n) is 5.09. The number of pyridine rings is 1. The van der Waals surface area contributed by atoms with Crippen molar-refractivity contribution < 1.29 is 0 Å². The molecule has 18 heavy (non-hydrogen) atoms. The fraction of sp³-hybridized carbons (Fsp3) is 0. The Labute approximate surface area is 112 Å². The fourth-order valence-electron chi connectivity index (χ4n) is 1.77. The molecule has 1 aromatic heterocycles. The highest BCUT2D eigenvalue weighted by molar-refractivity contribution is 7.99. The molecular weight excluding hydrogens is 270 g/mol. The second-order valence-corrected chi connectivity index (χ2v) is 5.23. The average Bonchev–Trinajstić information content (AvgIpc) is 2.36. The molecule has 0 radical (unpaired) electrons. The molecule has 0 fully saturated rings. The van der Waals surface area contributed by atoms with E-state index in [4.69, 9.17) is 16.9 Å². The first-order valence-corrected chi connectivity index (χ1v) is 6.28. The van der Waals surface area contributed by atoms with Crippen molar-refractivity contribution in [3.8, 4) is 6.07 Å². The van der Waals surface area contributed by atoms with Crippen LogP contribution < -0.4 is 10.9 Å². The van der Waals surface area contributed by atoms with Gasteiger partial charge in [0.2, 0.25) is 0 Å². The third kappa shape index (κ3) is 1.67. The summed E-state index contributed by atoms with van der Waals surface area (Å²) in [5.74, 6) is 0. The molecule has 4 nitrogen and oxygen atoms in total. The van der Waals surface area contributed by atoms with Gasteiger partial charge < -0.3 is 10.3 Å². The first kappa shape index (κ1) is 11.2. The molecule has 0 spiro atoms. The molecule has 0 atom stereocenters. The lowest BCUT2D eigenvalue weighted by molar-refractivity contribution is 1.14. The van der Waals surface area contributed by atoms with Crippen LogP contribution in [0.3, 0.4) is 0 Å². The van der Waals surface area contributed by atoms with Gasteiger partial charge in [-0.05, 0) is 18.2 Å². The van der Waals surface area contributed by atoms with Crippen molar-refractivity contribution >= 4 is 34.7 Å². The van der Waals surface area contributed by atoms with Crippen LogP contribution in [-0.2, 0) is 0 Å². The van der Waals surface area contributed by atoms with Crippen LogP contribution in [0.15, 0.2) is 39.0 Å². The van der Waals surface area contributed by atoms with Crippen molar-refractivity contribution in [2.24, 2.45) is 0 Å². The molecule has 88 valence electrons. The number of rotatable bonds is 0. The number of benzene rings is 1. The SMILES string of the molecule is N#Cc1c2c(c[nH]c1=O)Sc1ccc(Cl)cc1N2. The molecule has 1 aromatic carbocycles. The third-order valence-electron chi connectivity index (χ3n) is 2.59. The standard InChI is InChI=1S/C12H6ClN3OS/c13-6-1-2-9-8(3-6)16-11-7(4-14)12(17)15-5-10(11)18-9/h1-3,5,16H,(H,15,17). The van der Waals surface area contributed by atoms with Gasteiger partial charge in [0.15, 0.2) is 0 Å². The van der Waals surface area contributed by atoms with Crippen LogP contribution in [0.1, 0.15) is 5.56 Å². The molecule has 6 heteroatoms. The summed E-state index contributed by atoms with van der Waals surface area (Å²) in [6, 6.07) is 7.39. The zero-order chi connectivity index (χ0) is 12.7. The normalized spacial score (nSPS) is 12.0. The highest BCUT2D eigenvalue weighted by Crippen LogP contribution is 2.44. The number of halogens is 1. The second kappa shape index (κ2) is 4.09. The maximum Gasteiger partial charge on any atom is 0.268 e. The topological polar surface area (TPSA) is 68.7 Å². The summed E-state index contributed by atoms with van der Waals surface area (Å²) < 4.78 is 0. The largest absolute Gasteiger partial charge is 0.352 e. The van der Waals surface area contributed by atoms with Crippen LogP contribution in [0, 0.1) is 11.3 Å². The number of anilines is 2. The Balaban J connectivity index is 2.21. The minimum Gasteiger partial charge on any atom is -0.352 e. The highest BCUT2D eigenvalue weighted by atomic mass is 35.5. The Hall–Kier alpha value is -1.90. The summed E-state index contributed by atoms with van der Waals surface area (Å²) in [6.07, 6.45) is 1.60. The highest BCUT2D eigenvalue weighted by Gasteiger charge is 2.20. The quantitative estimate of drug-likeness (QED) is 0.661. The molecule has 0 bridgehead atoms. The lowest BCUT2D eigenvalue weighted by Crippen LogP contribution is -2.14. The fourth-order valence-corrected chi connectivity index (χ4v) is 2.90. The number of nitrogens with one attached hydrogen (secondary N) is 2. The molecule has 0 saturated heterocycles. The lowest BCUT2D eigenvalue weighted by Gasteiger charge is -2.21. The van der Waals surface area contributed by atoms with Crippen molar-refractivity contribution in [1.29, 1.82) is 5.26 Å². The number of nitriles is 1. The van der Waals surface area contributed by atoms with Crippen molar-refractivity contribution in [2.45, 2.75) is 9.79 Å². The molecule has 2 aromatic rings. The van der Waals surface area contributed by atoms with Gasteiger partial charge in [-0.15, -0.1) is 0 Å². The summed E-state index contributed by atoms with van der Waals surface area (Å²) >= 11 is 7.41. The number of hydrogen-bond donors (Lipinski definition) is 2. The van der Waals surface area contributed by atoms with Gasteiger partial charge in [-0.25, -0.2) is 0 Å². The number of H-pyrrole nitrogens is 1. The number of aromatic amines is 1. The summed E-state index contributed by atoms with van der Waals surface area (Å²) in [7, 11) is 0. The predicted molar refractivity (Wildman–Crippen MR) is 70.6 cm³/mol. The van der Waals surface area contributed by atoms with Gasteiger partial charge in [0.25, 0.3) is 5.56 Å². The van der Waals surface area contributed by atoms with Crippen LogP contribution in [0.4, 0.5) is 11.4 Å². The van der Waals surface area contributed by atoms with Crippen LogP contribution in [0.25, 0.3) is 0 Å². The number of nitrogens with zero attached hydrogens (tertiary/aromatic N) is 1. The van der Waals surface area contributed by atoms with E-state index in [2.05, 4.69) is 10.3 Å². The van der Waals surface area contributed by atoms with E-state index in [1.54, 1.807) is 18.3 Å². The molecule has 1 aliphatic heterocycles. The number of aromatic nitrogens is 1. The monoisotopic (exact) mass is 275 g/mol. The molecule has 2 heterocycles. The van der Waals surface area contributed by atoms with Crippen molar-refractivity contribution in [3.05, 3.63) is 45.3 Å². The third-order valence-corrected chi connectivity index (χ3v) is 3.94. The zero-order valence-electron chi connectivity index (χ0n) is 8.95. The van der Waals surface area contributed by atoms with E-state index in [9.17, 15) is 4.79 Å². The van der Waals surface area contributed by atoms with E-state index in [1.165, 1.54) is 11.8 Å². The Morgan fingerprint density at radius 2 is 2.17 bits per heavy atom. The maximum absolute atomic E-state index is 11.5. The second-order valence-electron chi connectivity index (χ2n) is 3.71. The van der Waals surface area contributed by atoms with E-state index < -0.39 is 5.56 Å². The van der Waals surface area contributed by atoms with E-state index in [0.29, 0.717) is 10.7 Å². The van der Waals surface area contributed by atoms with Crippen LogP contribution in [-0.4, -0.2) is 4.98 Å². The van der Waals surface area contributed by atoms with E-state index in [1.807, 2.05) is 12.1 Å². The Morgan fingerprint density at radius 1 is 1.33 bits per heavy atom. The molecule has 2 N–H and O–H groups in total.